The van der Waals surface area contributed by atoms with E-state index in [1.54, 1.807) is 6.92 Å². The minimum absolute atomic E-state index is 0.00479. The van der Waals surface area contributed by atoms with Crippen molar-refractivity contribution < 1.29 is 26.8 Å². The summed E-state index contributed by atoms with van der Waals surface area (Å²) >= 11 is 0. The van der Waals surface area contributed by atoms with Crippen molar-refractivity contribution in [2.24, 2.45) is 0 Å². The number of sulfonamides is 1. The first kappa shape index (κ1) is 23.0. The van der Waals surface area contributed by atoms with E-state index in [1.807, 2.05) is 0 Å². The Hall–Kier alpha value is -2.65. The number of amides is 1. The summed E-state index contributed by atoms with van der Waals surface area (Å²) in [7, 11) is -3.98. The van der Waals surface area contributed by atoms with Crippen molar-refractivity contribution in [3.05, 3.63) is 65.2 Å². The van der Waals surface area contributed by atoms with Gasteiger partial charge in [0, 0.05) is 23.7 Å². The first-order valence-electron chi connectivity index (χ1n) is 9.99. The highest BCUT2D eigenvalue weighted by atomic mass is 32.2. The summed E-state index contributed by atoms with van der Waals surface area (Å²) in [4.78, 5) is 24.4. The van der Waals surface area contributed by atoms with Crippen molar-refractivity contribution in [2.45, 2.75) is 50.1 Å². The predicted molar refractivity (Wildman–Crippen MR) is 111 cm³/mol. The minimum atomic E-state index is -3.98. The molecule has 6 nitrogen and oxygen atoms in total. The number of piperidine rings is 1. The summed E-state index contributed by atoms with van der Waals surface area (Å²) in [6.45, 7) is 3.12. The molecule has 1 N–H and O–H groups in total. The molecule has 1 heterocycles. The first-order valence-corrected chi connectivity index (χ1v) is 11.4. The van der Waals surface area contributed by atoms with E-state index in [-0.39, 0.29) is 22.8 Å². The number of ketones is 1. The molecule has 1 aliphatic rings. The molecule has 9 heteroatoms. The van der Waals surface area contributed by atoms with Crippen LogP contribution in [0.15, 0.2) is 47.4 Å². The van der Waals surface area contributed by atoms with Gasteiger partial charge in [-0.05, 0) is 44.9 Å². The molecule has 1 saturated heterocycles. The molecule has 2 atom stereocenters. The Bertz CT molecular complexity index is 1090. The van der Waals surface area contributed by atoms with E-state index >= 15 is 0 Å². The van der Waals surface area contributed by atoms with Crippen molar-refractivity contribution in [1.29, 1.82) is 0 Å². The van der Waals surface area contributed by atoms with Gasteiger partial charge < -0.3 is 5.32 Å². The maximum atomic E-state index is 14.0. The van der Waals surface area contributed by atoms with Crippen LogP contribution in [0.4, 0.5) is 8.78 Å². The monoisotopic (exact) mass is 450 g/mol. The van der Waals surface area contributed by atoms with Gasteiger partial charge in [0.2, 0.25) is 15.9 Å². The normalized spacial score (nSPS) is 18.4. The van der Waals surface area contributed by atoms with Gasteiger partial charge >= 0.3 is 0 Å². The van der Waals surface area contributed by atoms with Crippen LogP contribution in [0.3, 0.4) is 0 Å². The van der Waals surface area contributed by atoms with Gasteiger partial charge in [0.1, 0.15) is 17.7 Å². The number of nitrogens with zero attached hydrogens (tertiary/aromatic N) is 1. The zero-order chi connectivity index (χ0) is 22.8. The Labute approximate surface area is 180 Å². The summed E-state index contributed by atoms with van der Waals surface area (Å²) in [6, 6.07) is 6.95. The maximum Gasteiger partial charge on any atom is 0.243 e. The maximum absolute atomic E-state index is 14.0. The average molecular weight is 451 g/mol. The van der Waals surface area contributed by atoms with Gasteiger partial charge in [-0.15, -0.1) is 0 Å². The second-order valence-corrected chi connectivity index (χ2v) is 9.49. The lowest BCUT2D eigenvalue weighted by molar-refractivity contribution is -0.126. The fraction of sp³-hybridized carbons (Fsp3) is 0.364. The number of hydrogen-bond donors (Lipinski definition) is 1. The zero-order valence-electron chi connectivity index (χ0n) is 17.3. The fourth-order valence-electron chi connectivity index (χ4n) is 3.69. The number of hydrogen-bond acceptors (Lipinski definition) is 4. The summed E-state index contributed by atoms with van der Waals surface area (Å²) in [5, 5.41) is 2.65. The van der Waals surface area contributed by atoms with Crippen molar-refractivity contribution in [2.75, 3.05) is 6.54 Å². The van der Waals surface area contributed by atoms with Crippen LogP contribution in [0.2, 0.25) is 0 Å². The molecule has 0 spiro atoms. The lowest BCUT2D eigenvalue weighted by Gasteiger charge is -2.34. The Morgan fingerprint density at radius 3 is 2.39 bits per heavy atom. The highest BCUT2D eigenvalue weighted by Crippen LogP contribution is 2.27. The molecule has 2 aromatic rings. The number of benzene rings is 2. The Morgan fingerprint density at radius 2 is 1.77 bits per heavy atom. The molecular weight excluding hydrogens is 426 g/mol. The molecule has 1 aliphatic heterocycles. The lowest BCUT2D eigenvalue weighted by atomic mass is 10.0. The molecule has 3 rings (SSSR count). The quantitative estimate of drug-likeness (QED) is 0.682. The van der Waals surface area contributed by atoms with Crippen LogP contribution < -0.4 is 5.32 Å². The SMILES string of the molecule is CC(=O)c1ccc(S(=O)(=O)N2CCCC[C@@H]2C(=O)N[C@@H](C)c2ccc(F)cc2F)cc1. The number of Topliss-reactive ketones (excluding diaryl/α,β-unsaturated/α-hetero) is 1. The van der Waals surface area contributed by atoms with Gasteiger partial charge in [-0.1, -0.05) is 24.6 Å². The van der Waals surface area contributed by atoms with Gasteiger partial charge in [-0.25, -0.2) is 17.2 Å². The van der Waals surface area contributed by atoms with Crippen LogP contribution in [0, 0.1) is 11.6 Å². The molecule has 0 saturated carbocycles. The van der Waals surface area contributed by atoms with Crippen molar-refractivity contribution in [3.8, 4) is 0 Å². The standard InChI is InChI=1S/C22H24F2N2O4S/c1-14(19-11-8-17(23)13-20(19)24)25-22(28)21-5-3-4-12-26(21)31(29,30)18-9-6-16(7-10-18)15(2)27/h6-11,13-14,21H,3-5,12H2,1-2H3,(H,25,28)/t14-,21+/m0/s1. The van der Waals surface area contributed by atoms with E-state index in [2.05, 4.69) is 5.32 Å². The van der Waals surface area contributed by atoms with Crippen LogP contribution in [-0.4, -0.2) is 37.0 Å². The number of halogens is 2. The third kappa shape index (κ3) is 4.99. The van der Waals surface area contributed by atoms with Crippen molar-refractivity contribution in [3.63, 3.8) is 0 Å². The van der Waals surface area contributed by atoms with Crippen molar-refractivity contribution in [1.82, 2.24) is 9.62 Å². The molecule has 1 fully saturated rings. The molecule has 0 aliphatic carbocycles. The third-order valence-corrected chi connectivity index (χ3v) is 7.33. The highest BCUT2D eigenvalue weighted by Gasteiger charge is 2.38. The minimum Gasteiger partial charge on any atom is -0.348 e. The molecular formula is C22H24F2N2O4S. The summed E-state index contributed by atoms with van der Waals surface area (Å²) in [5.74, 6) is -2.23. The first-order chi connectivity index (χ1) is 14.6. The molecule has 0 unspecified atom stereocenters. The topological polar surface area (TPSA) is 83.6 Å². The summed E-state index contributed by atoms with van der Waals surface area (Å²) in [5.41, 5.74) is 0.502. The summed E-state index contributed by atoms with van der Waals surface area (Å²) in [6.07, 6.45) is 1.61. The van der Waals surface area contributed by atoms with E-state index < -0.39 is 39.6 Å². The van der Waals surface area contributed by atoms with Crippen LogP contribution >= 0.6 is 0 Å². The second kappa shape index (κ2) is 9.23. The number of nitrogens with one attached hydrogen (secondary N) is 1. The van der Waals surface area contributed by atoms with Crippen LogP contribution in [0.25, 0.3) is 0 Å². The number of rotatable bonds is 6. The van der Waals surface area contributed by atoms with E-state index in [0.717, 1.165) is 16.4 Å². The van der Waals surface area contributed by atoms with Gasteiger partial charge in [-0.3, -0.25) is 9.59 Å². The third-order valence-electron chi connectivity index (χ3n) is 5.41. The smallest absolute Gasteiger partial charge is 0.243 e. The predicted octanol–water partition coefficient (Wildman–Crippen LogP) is 3.59. The molecule has 2 aromatic carbocycles. The average Bonchev–Trinajstić information content (AvgIpc) is 2.73. The second-order valence-electron chi connectivity index (χ2n) is 7.60. The Morgan fingerprint density at radius 1 is 1.10 bits per heavy atom. The van der Waals surface area contributed by atoms with Crippen LogP contribution in [0.5, 0.6) is 0 Å². The highest BCUT2D eigenvalue weighted by molar-refractivity contribution is 7.89. The fourth-order valence-corrected chi connectivity index (χ4v) is 5.35. The van der Waals surface area contributed by atoms with Gasteiger partial charge in [0.15, 0.2) is 5.78 Å². The van der Waals surface area contributed by atoms with Crippen molar-refractivity contribution >= 4 is 21.7 Å². The Kier molecular flexibility index (Phi) is 6.86. The molecule has 31 heavy (non-hydrogen) atoms. The van der Waals surface area contributed by atoms with Gasteiger partial charge in [0.25, 0.3) is 0 Å². The molecule has 0 aromatic heterocycles. The van der Waals surface area contributed by atoms with Crippen LogP contribution in [-0.2, 0) is 14.8 Å². The van der Waals surface area contributed by atoms with Crippen LogP contribution in [0.1, 0.15) is 55.1 Å². The number of carbonyl (C=O) groups is 2. The Balaban J connectivity index is 1.82. The van der Waals surface area contributed by atoms with E-state index in [1.165, 1.54) is 37.3 Å². The van der Waals surface area contributed by atoms with Gasteiger partial charge in [-0.2, -0.15) is 4.31 Å². The molecule has 0 bridgehead atoms. The lowest BCUT2D eigenvalue weighted by Crippen LogP contribution is -2.52. The zero-order valence-corrected chi connectivity index (χ0v) is 18.1. The molecule has 166 valence electrons. The molecule has 0 radical (unpaired) electrons. The summed E-state index contributed by atoms with van der Waals surface area (Å²) < 4.78 is 54.7. The van der Waals surface area contributed by atoms with E-state index in [4.69, 9.17) is 0 Å². The van der Waals surface area contributed by atoms with E-state index in [9.17, 15) is 26.8 Å². The number of carbonyl (C=O) groups excluding carboxylic acids is 2. The molecule has 1 amide bonds. The largest absolute Gasteiger partial charge is 0.348 e. The van der Waals surface area contributed by atoms with E-state index in [0.29, 0.717) is 24.8 Å². The van der Waals surface area contributed by atoms with Gasteiger partial charge in [0.05, 0.1) is 10.9 Å².